The topological polar surface area (TPSA) is 71.2 Å². The quantitative estimate of drug-likeness (QED) is 0.401. The van der Waals surface area contributed by atoms with Crippen LogP contribution in [0.25, 0.3) is 0 Å². The molecule has 1 amide bonds. The van der Waals surface area contributed by atoms with Crippen molar-refractivity contribution in [3.05, 3.63) is 0 Å². The molecule has 0 radical (unpaired) electrons. The molecule has 6 nitrogen and oxygen atoms in total. The lowest BCUT2D eigenvalue weighted by atomic mass is 10.2. The molecule has 132 valence electrons. The van der Waals surface area contributed by atoms with Gasteiger partial charge < -0.3 is 20.3 Å². The number of carbonyl (C=O) groups is 1. The standard InChI is InChI=1S/C15H32N4O2.HI/c1-8-19(9-2)13(16)17-10-12(3)11-18(7)14(20)21-15(4,5)6;/h12H,8-11H2,1-7H3,(H2,16,17);1H. The Morgan fingerprint density at radius 2 is 1.77 bits per heavy atom. The van der Waals surface area contributed by atoms with Crippen LogP contribution >= 0.6 is 24.0 Å². The fourth-order valence-corrected chi connectivity index (χ4v) is 1.84. The Bertz CT molecular complexity index is 352. The minimum Gasteiger partial charge on any atom is -0.444 e. The maximum atomic E-state index is 11.9. The van der Waals surface area contributed by atoms with Crippen LogP contribution in [0.1, 0.15) is 41.5 Å². The van der Waals surface area contributed by atoms with E-state index in [2.05, 4.69) is 4.99 Å². The summed E-state index contributed by atoms with van der Waals surface area (Å²) in [6.07, 6.45) is -0.310. The molecule has 2 N–H and O–H groups in total. The number of aliphatic imine (C=N–C) groups is 1. The molecule has 0 aromatic carbocycles. The second kappa shape index (κ2) is 10.9. The van der Waals surface area contributed by atoms with Gasteiger partial charge >= 0.3 is 6.09 Å². The third-order valence-electron chi connectivity index (χ3n) is 2.94. The van der Waals surface area contributed by atoms with Gasteiger partial charge in [-0.25, -0.2) is 4.79 Å². The van der Waals surface area contributed by atoms with Crippen molar-refractivity contribution in [2.75, 3.05) is 33.2 Å². The summed E-state index contributed by atoms with van der Waals surface area (Å²) in [5.41, 5.74) is 5.46. The van der Waals surface area contributed by atoms with E-state index in [1.54, 1.807) is 11.9 Å². The number of ether oxygens (including phenoxy) is 1. The Kier molecular flexibility index (Phi) is 11.7. The number of hydrogen-bond acceptors (Lipinski definition) is 3. The van der Waals surface area contributed by atoms with Crippen LogP contribution in [0.5, 0.6) is 0 Å². The zero-order valence-electron chi connectivity index (χ0n) is 15.0. The van der Waals surface area contributed by atoms with Crippen LogP contribution in [0, 0.1) is 5.92 Å². The lowest BCUT2D eigenvalue weighted by molar-refractivity contribution is 0.0279. The number of carbonyl (C=O) groups excluding carboxylic acids is 1. The molecular formula is C15H33IN4O2. The van der Waals surface area contributed by atoms with Crippen molar-refractivity contribution in [3.63, 3.8) is 0 Å². The molecular weight excluding hydrogens is 395 g/mol. The lowest BCUT2D eigenvalue weighted by Gasteiger charge is -2.26. The van der Waals surface area contributed by atoms with Crippen LogP contribution in [0.2, 0.25) is 0 Å². The Balaban J connectivity index is 0. The number of rotatable bonds is 6. The molecule has 0 bridgehead atoms. The molecule has 0 heterocycles. The smallest absolute Gasteiger partial charge is 0.410 e. The number of nitrogens with two attached hydrogens (primary N) is 1. The van der Waals surface area contributed by atoms with Crippen LogP contribution in [-0.2, 0) is 4.74 Å². The highest BCUT2D eigenvalue weighted by Crippen LogP contribution is 2.10. The van der Waals surface area contributed by atoms with E-state index in [1.165, 1.54) is 0 Å². The van der Waals surface area contributed by atoms with Crippen LogP contribution in [-0.4, -0.2) is 60.7 Å². The molecule has 0 aromatic heterocycles. The first-order valence-corrected chi connectivity index (χ1v) is 7.59. The van der Waals surface area contributed by atoms with Crippen LogP contribution in [0.15, 0.2) is 4.99 Å². The fourth-order valence-electron chi connectivity index (χ4n) is 1.84. The van der Waals surface area contributed by atoms with Gasteiger partial charge in [-0.15, -0.1) is 24.0 Å². The van der Waals surface area contributed by atoms with Gasteiger partial charge in [0.05, 0.1) is 0 Å². The van der Waals surface area contributed by atoms with Gasteiger partial charge in [0, 0.05) is 33.2 Å². The molecule has 7 heteroatoms. The van der Waals surface area contributed by atoms with E-state index in [9.17, 15) is 4.79 Å². The van der Waals surface area contributed by atoms with Crippen molar-refractivity contribution in [2.24, 2.45) is 16.6 Å². The maximum absolute atomic E-state index is 11.9. The molecule has 0 saturated carbocycles. The molecule has 0 fully saturated rings. The predicted molar refractivity (Wildman–Crippen MR) is 103 cm³/mol. The SMILES string of the molecule is CCN(CC)C(N)=NCC(C)CN(C)C(=O)OC(C)(C)C.I. The number of guanidine groups is 1. The van der Waals surface area contributed by atoms with Crippen molar-refractivity contribution >= 4 is 36.0 Å². The Labute approximate surface area is 152 Å². The third kappa shape index (κ3) is 10.1. The van der Waals surface area contributed by atoms with E-state index >= 15 is 0 Å². The summed E-state index contributed by atoms with van der Waals surface area (Å²) in [5.74, 6) is 0.781. The highest BCUT2D eigenvalue weighted by molar-refractivity contribution is 14.0. The van der Waals surface area contributed by atoms with Gasteiger partial charge in [-0.05, 0) is 40.5 Å². The molecule has 1 atom stereocenters. The molecule has 0 aromatic rings. The minimum absolute atomic E-state index is 0. The zero-order chi connectivity index (χ0) is 16.6. The molecule has 0 aliphatic carbocycles. The van der Waals surface area contributed by atoms with Crippen molar-refractivity contribution in [1.82, 2.24) is 9.80 Å². The van der Waals surface area contributed by atoms with Gasteiger partial charge in [0.15, 0.2) is 5.96 Å². The van der Waals surface area contributed by atoms with Crippen LogP contribution < -0.4 is 5.73 Å². The number of hydrogen-bond donors (Lipinski definition) is 1. The van der Waals surface area contributed by atoms with Gasteiger partial charge in [0.1, 0.15) is 5.60 Å². The van der Waals surface area contributed by atoms with Crippen molar-refractivity contribution in [3.8, 4) is 0 Å². The summed E-state index contributed by atoms with van der Waals surface area (Å²) in [6.45, 7) is 14.6. The minimum atomic E-state index is -0.472. The average molecular weight is 428 g/mol. The third-order valence-corrected chi connectivity index (χ3v) is 2.94. The first-order valence-electron chi connectivity index (χ1n) is 7.59. The summed E-state index contributed by atoms with van der Waals surface area (Å²) >= 11 is 0. The average Bonchev–Trinajstić information content (AvgIpc) is 2.35. The number of amides is 1. The van der Waals surface area contributed by atoms with E-state index < -0.39 is 5.60 Å². The molecule has 1 unspecified atom stereocenters. The zero-order valence-corrected chi connectivity index (χ0v) is 17.4. The van der Waals surface area contributed by atoms with E-state index in [0.717, 1.165) is 13.1 Å². The summed E-state index contributed by atoms with van der Waals surface area (Å²) in [4.78, 5) is 19.8. The first-order chi connectivity index (χ1) is 9.60. The Morgan fingerprint density at radius 1 is 1.27 bits per heavy atom. The van der Waals surface area contributed by atoms with Crippen molar-refractivity contribution < 1.29 is 9.53 Å². The van der Waals surface area contributed by atoms with Crippen molar-refractivity contribution in [2.45, 2.75) is 47.1 Å². The van der Waals surface area contributed by atoms with E-state index in [4.69, 9.17) is 10.5 Å². The molecule has 0 aliphatic rings. The van der Waals surface area contributed by atoms with Gasteiger partial charge in [-0.3, -0.25) is 4.99 Å². The largest absolute Gasteiger partial charge is 0.444 e. The van der Waals surface area contributed by atoms with Crippen LogP contribution in [0.3, 0.4) is 0 Å². The second-order valence-electron chi connectivity index (χ2n) is 6.34. The normalized spacial score (nSPS) is 13.1. The fraction of sp³-hybridized carbons (Fsp3) is 0.867. The van der Waals surface area contributed by atoms with E-state index in [-0.39, 0.29) is 36.0 Å². The second-order valence-corrected chi connectivity index (χ2v) is 6.34. The van der Waals surface area contributed by atoms with Gasteiger partial charge in [0.25, 0.3) is 0 Å². The van der Waals surface area contributed by atoms with Gasteiger partial charge in [-0.2, -0.15) is 0 Å². The molecule has 0 spiro atoms. The lowest BCUT2D eigenvalue weighted by Crippen LogP contribution is -2.39. The van der Waals surface area contributed by atoms with Crippen molar-refractivity contribution in [1.29, 1.82) is 0 Å². The number of halogens is 1. The summed E-state index contributed by atoms with van der Waals surface area (Å²) in [5, 5.41) is 0. The Morgan fingerprint density at radius 3 is 2.18 bits per heavy atom. The maximum Gasteiger partial charge on any atom is 0.410 e. The highest BCUT2D eigenvalue weighted by Gasteiger charge is 2.20. The van der Waals surface area contributed by atoms with E-state index in [1.807, 2.05) is 46.4 Å². The first kappa shape index (κ1) is 23.5. The molecule has 22 heavy (non-hydrogen) atoms. The molecule has 0 saturated heterocycles. The van der Waals surface area contributed by atoms with E-state index in [0.29, 0.717) is 19.0 Å². The van der Waals surface area contributed by atoms with Gasteiger partial charge in [-0.1, -0.05) is 6.92 Å². The highest BCUT2D eigenvalue weighted by atomic mass is 127. The monoisotopic (exact) mass is 428 g/mol. The Hall–Kier alpha value is -0.730. The summed E-state index contributed by atoms with van der Waals surface area (Å²) in [7, 11) is 1.74. The predicted octanol–water partition coefficient (Wildman–Crippen LogP) is 2.76. The summed E-state index contributed by atoms with van der Waals surface area (Å²) in [6, 6.07) is 0. The van der Waals surface area contributed by atoms with Crippen LogP contribution in [0.4, 0.5) is 4.79 Å². The molecule has 0 aliphatic heterocycles. The number of nitrogens with zero attached hydrogens (tertiary/aromatic N) is 3. The summed E-state index contributed by atoms with van der Waals surface area (Å²) < 4.78 is 5.32. The van der Waals surface area contributed by atoms with Gasteiger partial charge in [0.2, 0.25) is 0 Å². The molecule has 0 rings (SSSR count).